The normalized spacial score (nSPS) is 13.9. The van der Waals surface area contributed by atoms with E-state index in [4.69, 9.17) is 4.74 Å². The van der Waals surface area contributed by atoms with Gasteiger partial charge in [0.05, 0.1) is 5.92 Å². The summed E-state index contributed by atoms with van der Waals surface area (Å²) in [4.78, 5) is 36.7. The Morgan fingerprint density at radius 3 is 2.21 bits per heavy atom. The van der Waals surface area contributed by atoms with E-state index in [1.54, 1.807) is 11.8 Å². The number of carbonyl (C=O) groups is 3. The number of ether oxygens (including phenoxy) is 1. The van der Waals surface area contributed by atoms with Crippen LogP contribution in [0.4, 0.5) is 4.79 Å². The lowest BCUT2D eigenvalue weighted by molar-refractivity contribution is -0.142. The monoisotopic (exact) mass is 484 g/mol. The van der Waals surface area contributed by atoms with Crippen LogP contribution in [0.1, 0.15) is 43.2 Å². The van der Waals surface area contributed by atoms with Gasteiger partial charge < -0.3 is 20.5 Å². The molecule has 0 saturated carbocycles. The van der Waals surface area contributed by atoms with Gasteiger partial charge in [0, 0.05) is 12.5 Å². The predicted molar refractivity (Wildman–Crippen MR) is 134 cm³/mol. The van der Waals surface area contributed by atoms with Gasteiger partial charge in [-0.3, -0.25) is 9.59 Å². The quantitative estimate of drug-likeness (QED) is 0.416. The van der Waals surface area contributed by atoms with Crippen molar-refractivity contribution in [1.29, 1.82) is 0 Å². The van der Waals surface area contributed by atoms with E-state index in [2.05, 4.69) is 22.8 Å². The molecule has 2 aromatic carbocycles. The molecule has 2 aromatic rings. The Morgan fingerprint density at radius 2 is 1.65 bits per heavy atom. The first kappa shape index (κ1) is 25.6. The van der Waals surface area contributed by atoms with Gasteiger partial charge in [0.15, 0.2) is 0 Å². The molecule has 3 N–H and O–H groups in total. The molecule has 0 heterocycles. The molecule has 2 atom stereocenters. The first-order valence-corrected chi connectivity index (χ1v) is 13.0. The van der Waals surface area contributed by atoms with E-state index in [1.165, 1.54) is 0 Å². The Bertz CT molecular complexity index is 967. The molecule has 0 radical (unpaired) electrons. The van der Waals surface area contributed by atoms with Crippen molar-refractivity contribution in [2.24, 2.45) is 5.92 Å². The highest BCUT2D eigenvalue weighted by atomic mass is 32.2. The second kappa shape index (κ2) is 12.5. The van der Waals surface area contributed by atoms with Crippen LogP contribution in [0.5, 0.6) is 0 Å². The summed E-state index contributed by atoms with van der Waals surface area (Å²) in [5.74, 6) is -1.39. The third-order valence-electron chi connectivity index (χ3n) is 6.07. The highest BCUT2D eigenvalue weighted by Gasteiger charge is 2.30. The van der Waals surface area contributed by atoms with Crippen molar-refractivity contribution >= 4 is 29.7 Å². The van der Waals surface area contributed by atoms with Crippen molar-refractivity contribution in [1.82, 2.24) is 10.6 Å². The predicted octanol–water partition coefficient (Wildman–Crippen LogP) is 4.26. The van der Waals surface area contributed by atoms with E-state index < -0.39 is 29.9 Å². The average Bonchev–Trinajstić information content (AvgIpc) is 3.16. The van der Waals surface area contributed by atoms with Crippen LogP contribution in [0, 0.1) is 5.92 Å². The van der Waals surface area contributed by atoms with Crippen LogP contribution in [0.15, 0.2) is 48.5 Å². The zero-order chi connectivity index (χ0) is 24.5. The van der Waals surface area contributed by atoms with Gasteiger partial charge >= 0.3 is 12.1 Å². The number of carboxylic acids is 1. The molecule has 34 heavy (non-hydrogen) atoms. The molecule has 3 rings (SSSR count). The Hall–Kier alpha value is -3.00. The lowest BCUT2D eigenvalue weighted by atomic mass is 9.98. The number of fused-ring (bicyclic) bond motifs is 3. The molecule has 1 aliphatic rings. The molecule has 8 heteroatoms. The third-order valence-corrected chi connectivity index (χ3v) is 6.72. The van der Waals surface area contributed by atoms with Gasteiger partial charge in [-0.15, -0.1) is 0 Å². The smallest absolute Gasteiger partial charge is 0.407 e. The molecule has 0 bridgehead atoms. The van der Waals surface area contributed by atoms with Crippen LogP contribution in [-0.4, -0.2) is 54.3 Å². The number of carboxylic acid groups (broad SMARTS) is 1. The lowest BCUT2D eigenvalue weighted by Gasteiger charge is -2.20. The number of nitrogens with one attached hydrogen (secondary N) is 2. The third kappa shape index (κ3) is 6.32. The zero-order valence-electron chi connectivity index (χ0n) is 19.6. The highest BCUT2D eigenvalue weighted by molar-refractivity contribution is 7.98. The maximum absolute atomic E-state index is 12.7. The fraction of sp³-hybridized carbons (Fsp3) is 0.423. The first-order valence-electron chi connectivity index (χ1n) is 11.6. The van der Waals surface area contributed by atoms with Crippen molar-refractivity contribution in [2.75, 3.05) is 25.2 Å². The van der Waals surface area contributed by atoms with Gasteiger partial charge in [-0.2, -0.15) is 11.8 Å². The Morgan fingerprint density at radius 1 is 1.03 bits per heavy atom. The van der Waals surface area contributed by atoms with Gasteiger partial charge in [-0.05, 0) is 47.1 Å². The summed E-state index contributed by atoms with van der Waals surface area (Å²) in [6, 6.07) is 15.4. The molecular formula is C26H32N2O5S. The number of aliphatic carboxylic acids is 1. The second-order valence-corrected chi connectivity index (χ2v) is 9.36. The van der Waals surface area contributed by atoms with Crippen LogP contribution in [-0.2, 0) is 14.3 Å². The summed E-state index contributed by atoms with van der Waals surface area (Å²) in [5, 5.41) is 14.7. The topological polar surface area (TPSA) is 105 Å². The van der Waals surface area contributed by atoms with Gasteiger partial charge in [-0.1, -0.05) is 61.9 Å². The van der Waals surface area contributed by atoms with E-state index in [-0.39, 0.29) is 19.1 Å². The van der Waals surface area contributed by atoms with Crippen LogP contribution in [0.25, 0.3) is 11.1 Å². The standard InChI is InChI=1S/C26H32N2O5S/c1-3-8-17(25(30)31)15-27-24(29)23(13-14-34-2)28-26(32)33-16-22-20-11-6-4-9-18(20)19-10-5-7-12-21(19)22/h4-7,9-12,17,22-23H,3,8,13-16H2,1-2H3,(H,27,29)(H,28,32)(H,30,31)/t17?,23-/m1/s1. The molecule has 1 unspecified atom stereocenters. The number of hydrogen-bond donors (Lipinski definition) is 3. The lowest BCUT2D eigenvalue weighted by Crippen LogP contribution is -2.48. The van der Waals surface area contributed by atoms with Crippen molar-refractivity contribution in [3.05, 3.63) is 59.7 Å². The highest BCUT2D eigenvalue weighted by Crippen LogP contribution is 2.44. The average molecular weight is 485 g/mol. The minimum Gasteiger partial charge on any atom is -0.481 e. The summed E-state index contributed by atoms with van der Waals surface area (Å²) >= 11 is 1.56. The molecule has 1 aliphatic carbocycles. The zero-order valence-corrected chi connectivity index (χ0v) is 20.4. The van der Waals surface area contributed by atoms with E-state index in [0.29, 0.717) is 25.0 Å². The molecule has 182 valence electrons. The Balaban J connectivity index is 1.61. The van der Waals surface area contributed by atoms with E-state index in [0.717, 1.165) is 22.3 Å². The molecule has 0 spiro atoms. The van der Waals surface area contributed by atoms with E-state index >= 15 is 0 Å². The second-order valence-electron chi connectivity index (χ2n) is 8.37. The number of carbonyl (C=O) groups excluding carboxylic acids is 2. The van der Waals surface area contributed by atoms with Gasteiger partial charge in [0.2, 0.25) is 5.91 Å². The molecule has 0 saturated heterocycles. The fourth-order valence-electron chi connectivity index (χ4n) is 4.30. The van der Waals surface area contributed by atoms with Gasteiger partial charge in [-0.25, -0.2) is 4.79 Å². The van der Waals surface area contributed by atoms with Gasteiger partial charge in [0.1, 0.15) is 12.6 Å². The van der Waals surface area contributed by atoms with Crippen LogP contribution < -0.4 is 10.6 Å². The maximum Gasteiger partial charge on any atom is 0.407 e. The number of amides is 2. The Labute approximate surface area is 204 Å². The fourth-order valence-corrected chi connectivity index (χ4v) is 4.77. The van der Waals surface area contributed by atoms with Gasteiger partial charge in [0.25, 0.3) is 0 Å². The van der Waals surface area contributed by atoms with Crippen LogP contribution in [0.3, 0.4) is 0 Å². The summed E-state index contributed by atoms with van der Waals surface area (Å²) in [7, 11) is 0. The number of rotatable bonds is 12. The van der Waals surface area contributed by atoms with Crippen molar-refractivity contribution < 1.29 is 24.2 Å². The van der Waals surface area contributed by atoms with Crippen molar-refractivity contribution in [3.63, 3.8) is 0 Å². The summed E-state index contributed by atoms with van der Waals surface area (Å²) in [5.41, 5.74) is 4.52. The summed E-state index contributed by atoms with van der Waals surface area (Å²) in [6.07, 6.45) is 2.87. The SMILES string of the molecule is CCCC(CNC(=O)[C@@H](CCSC)NC(=O)OCC1c2ccccc2-c2ccccc21)C(=O)O. The molecule has 7 nitrogen and oxygen atoms in total. The summed E-state index contributed by atoms with van der Waals surface area (Å²) < 4.78 is 5.57. The number of alkyl carbamates (subject to hydrolysis) is 1. The Kier molecular flexibility index (Phi) is 9.39. The molecule has 2 amide bonds. The van der Waals surface area contributed by atoms with Crippen molar-refractivity contribution in [3.8, 4) is 11.1 Å². The first-order chi connectivity index (χ1) is 16.5. The van der Waals surface area contributed by atoms with E-state index in [9.17, 15) is 19.5 Å². The van der Waals surface area contributed by atoms with E-state index in [1.807, 2.05) is 49.6 Å². The van der Waals surface area contributed by atoms with Crippen LogP contribution >= 0.6 is 11.8 Å². The minimum atomic E-state index is -0.938. The van der Waals surface area contributed by atoms with Crippen LogP contribution in [0.2, 0.25) is 0 Å². The molecule has 0 fully saturated rings. The number of hydrogen-bond acceptors (Lipinski definition) is 5. The molecule has 0 aromatic heterocycles. The summed E-state index contributed by atoms with van der Waals surface area (Å²) in [6.45, 7) is 2.09. The number of thioether (sulfide) groups is 1. The number of benzene rings is 2. The molecular weight excluding hydrogens is 452 g/mol. The largest absolute Gasteiger partial charge is 0.481 e. The molecule has 0 aliphatic heterocycles. The van der Waals surface area contributed by atoms with Crippen molar-refractivity contribution in [2.45, 2.75) is 38.1 Å². The maximum atomic E-state index is 12.7. The minimum absolute atomic E-state index is 0.0319.